The molecule has 96 valence electrons. The summed E-state index contributed by atoms with van der Waals surface area (Å²) < 4.78 is 16.3. The van der Waals surface area contributed by atoms with Gasteiger partial charge in [0.1, 0.15) is 5.82 Å². The molecule has 0 spiro atoms. The van der Waals surface area contributed by atoms with Crippen molar-refractivity contribution >= 4 is 27.5 Å². The van der Waals surface area contributed by atoms with Crippen LogP contribution in [0.2, 0.25) is 0 Å². The lowest BCUT2D eigenvalue weighted by Crippen LogP contribution is -2.06. The van der Waals surface area contributed by atoms with Crippen molar-refractivity contribution in [2.24, 2.45) is 0 Å². The van der Waals surface area contributed by atoms with Crippen LogP contribution in [0.5, 0.6) is 0 Å². The largest absolute Gasteiger partial charge is 0.265 e. The van der Waals surface area contributed by atoms with E-state index in [4.69, 9.17) is 11.6 Å². The van der Waals surface area contributed by atoms with E-state index in [1.54, 1.807) is 10.7 Å². The second kappa shape index (κ2) is 5.41. The van der Waals surface area contributed by atoms with Gasteiger partial charge < -0.3 is 0 Å². The zero-order valence-corrected chi connectivity index (χ0v) is 12.5. The zero-order valence-electron chi connectivity index (χ0n) is 10.2. The molecule has 2 aromatic rings. The van der Waals surface area contributed by atoms with E-state index in [0.717, 1.165) is 21.4 Å². The predicted molar refractivity (Wildman–Crippen MR) is 74.5 cm³/mol. The van der Waals surface area contributed by atoms with Crippen molar-refractivity contribution in [2.75, 3.05) is 0 Å². The number of aromatic nitrogens is 2. The van der Waals surface area contributed by atoms with E-state index in [9.17, 15) is 4.39 Å². The highest BCUT2D eigenvalue weighted by Crippen LogP contribution is 2.19. The Morgan fingerprint density at radius 2 is 2.11 bits per heavy atom. The van der Waals surface area contributed by atoms with E-state index in [1.165, 1.54) is 6.07 Å². The van der Waals surface area contributed by atoms with Crippen LogP contribution < -0.4 is 0 Å². The van der Waals surface area contributed by atoms with E-state index < -0.39 is 0 Å². The second-order valence-electron chi connectivity index (χ2n) is 4.18. The van der Waals surface area contributed by atoms with Gasteiger partial charge in [-0.25, -0.2) is 4.39 Å². The van der Waals surface area contributed by atoms with E-state index in [0.29, 0.717) is 18.0 Å². The van der Waals surface area contributed by atoms with Crippen LogP contribution in [0.1, 0.15) is 22.5 Å². The average Bonchev–Trinajstić information content (AvgIpc) is 2.58. The van der Waals surface area contributed by atoms with E-state index >= 15 is 0 Å². The molecule has 0 unspecified atom stereocenters. The van der Waals surface area contributed by atoms with Gasteiger partial charge in [-0.3, -0.25) is 4.68 Å². The third kappa shape index (κ3) is 2.59. The first kappa shape index (κ1) is 13.6. The molecule has 1 aromatic carbocycles. The topological polar surface area (TPSA) is 17.8 Å². The normalized spacial score (nSPS) is 10.9. The van der Waals surface area contributed by atoms with Crippen LogP contribution in [0.25, 0.3) is 0 Å². The number of rotatable bonds is 3. The van der Waals surface area contributed by atoms with E-state index in [2.05, 4.69) is 21.0 Å². The maximum absolute atomic E-state index is 13.8. The van der Waals surface area contributed by atoms with Crippen LogP contribution in [0, 0.1) is 19.7 Å². The Morgan fingerprint density at radius 3 is 2.67 bits per heavy atom. The molecule has 0 saturated heterocycles. The molecule has 1 aromatic heterocycles. The van der Waals surface area contributed by atoms with Gasteiger partial charge in [0.25, 0.3) is 0 Å². The van der Waals surface area contributed by atoms with E-state index in [-0.39, 0.29) is 5.82 Å². The molecule has 0 saturated carbocycles. The van der Waals surface area contributed by atoms with Gasteiger partial charge in [0.05, 0.1) is 18.1 Å². The number of nitrogens with zero attached hydrogens (tertiary/aromatic N) is 2. The lowest BCUT2D eigenvalue weighted by atomic mass is 10.2. The molecule has 2 nitrogen and oxygen atoms in total. The Labute approximate surface area is 119 Å². The third-order valence-electron chi connectivity index (χ3n) is 3.00. The van der Waals surface area contributed by atoms with Gasteiger partial charge in [0.15, 0.2) is 0 Å². The first-order chi connectivity index (χ1) is 8.52. The summed E-state index contributed by atoms with van der Waals surface area (Å²) in [5, 5.41) is 4.39. The summed E-state index contributed by atoms with van der Waals surface area (Å²) in [5.41, 5.74) is 3.53. The van der Waals surface area contributed by atoms with Gasteiger partial charge >= 0.3 is 0 Å². The SMILES string of the molecule is Cc1nn(Cc2ccc(Br)cc2F)c(C)c1CCl. The minimum Gasteiger partial charge on any atom is -0.265 e. The van der Waals surface area contributed by atoms with Crippen LogP contribution in [0.3, 0.4) is 0 Å². The van der Waals surface area contributed by atoms with Crippen molar-refractivity contribution in [1.82, 2.24) is 9.78 Å². The van der Waals surface area contributed by atoms with Gasteiger partial charge in [0.2, 0.25) is 0 Å². The summed E-state index contributed by atoms with van der Waals surface area (Å²) in [5.74, 6) is 0.199. The number of hydrogen-bond donors (Lipinski definition) is 0. The number of halogens is 3. The smallest absolute Gasteiger partial charge is 0.129 e. The Bertz CT molecular complexity index is 581. The van der Waals surface area contributed by atoms with Crippen molar-refractivity contribution in [3.63, 3.8) is 0 Å². The molecule has 0 fully saturated rings. The minimum absolute atomic E-state index is 0.232. The van der Waals surface area contributed by atoms with Gasteiger partial charge in [-0.2, -0.15) is 5.10 Å². The first-order valence-corrected chi connectivity index (χ1v) is 6.88. The second-order valence-corrected chi connectivity index (χ2v) is 5.36. The number of benzene rings is 1. The number of alkyl halides is 1. The Morgan fingerprint density at radius 1 is 1.39 bits per heavy atom. The van der Waals surface area contributed by atoms with Crippen LogP contribution in [-0.2, 0) is 12.4 Å². The molecule has 0 atom stereocenters. The molecular weight excluding hydrogens is 319 g/mol. The molecule has 0 aliphatic heterocycles. The lowest BCUT2D eigenvalue weighted by Gasteiger charge is -2.06. The highest BCUT2D eigenvalue weighted by molar-refractivity contribution is 9.10. The lowest BCUT2D eigenvalue weighted by molar-refractivity contribution is 0.578. The molecule has 0 aliphatic carbocycles. The average molecular weight is 332 g/mol. The van der Waals surface area contributed by atoms with Gasteiger partial charge in [0, 0.05) is 21.3 Å². The summed E-state index contributed by atoms with van der Waals surface area (Å²) >= 11 is 9.12. The fourth-order valence-corrected chi connectivity index (χ4v) is 2.61. The molecule has 5 heteroatoms. The molecule has 0 N–H and O–H groups in total. The molecule has 18 heavy (non-hydrogen) atoms. The number of hydrogen-bond acceptors (Lipinski definition) is 1. The van der Waals surface area contributed by atoms with Gasteiger partial charge in [-0.1, -0.05) is 22.0 Å². The predicted octanol–water partition coefficient (Wildman–Crippen LogP) is 4.19. The highest BCUT2D eigenvalue weighted by Gasteiger charge is 2.12. The fourth-order valence-electron chi connectivity index (χ4n) is 1.89. The molecule has 1 heterocycles. The summed E-state index contributed by atoms with van der Waals surface area (Å²) in [6.45, 7) is 4.29. The van der Waals surface area contributed by atoms with Gasteiger partial charge in [-0.15, -0.1) is 11.6 Å². The summed E-state index contributed by atoms with van der Waals surface area (Å²) in [7, 11) is 0. The van der Waals surface area contributed by atoms with Crippen molar-refractivity contribution in [2.45, 2.75) is 26.3 Å². The van der Waals surface area contributed by atoms with Gasteiger partial charge in [-0.05, 0) is 26.0 Å². The first-order valence-electron chi connectivity index (χ1n) is 5.55. The molecule has 0 aliphatic rings. The molecule has 2 rings (SSSR count). The van der Waals surface area contributed by atoms with E-state index in [1.807, 2.05) is 19.9 Å². The fraction of sp³-hybridized carbons (Fsp3) is 0.308. The minimum atomic E-state index is -0.232. The Hall–Kier alpha value is -0.870. The standard InChI is InChI=1S/C13H13BrClFN2/c1-8-12(6-15)9(2)18(17-8)7-10-3-4-11(14)5-13(10)16/h3-5H,6-7H2,1-2H3. The van der Waals surface area contributed by atoms with Crippen molar-refractivity contribution in [3.8, 4) is 0 Å². The molecule has 0 amide bonds. The molecule has 0 radical (unpaired) electrons. The maximum Gasteiger partial charge on any atom is 0.129 e. The quantitative estimate of drug-likeness (QED) is 0.771. The number of aryl methyl sites for hydroxylation is 1. The van der Waals surface area contributed by atoms with Crippen LogP contribution in [-0.4, -0.2) is 9.78 Å². The van der Waals surface area contributed by atoms with Crippen molar-refractivity contribution in [3.05, 3.63) is 51.0 Å². The highest BCUT2D eigenvalue weighted by atomic mass is 79.9. The monoisotopic (exact) mass is 330 g/mol. The molecule has 0 bridgehead atoms. The van der Waals surface area contributed by atoms with Crippen LogP contribution in [0.15, 0.2) is 22.7 Å². The maximum atomic E-state index is 13.8. The summed E-state index contributed by atoms with van der Waals surface area (Å²) in [4.78, 5) is 0. The van der Waals surface area contributed by atoms with Crippen LogP contribution >= 0.6 is 27.5 Å². The Kier molecular flexibility index (Phi) is 4.07. The zero-order chi connectivity index (χ0) is 13.3. The van der Waals surface area contributed by atoms with Crippen molar-refractivity contribution < 1.29 is 4.39 Å². The Balaban J connectivity index is 2.34. The van der Waals surface area contributed by atoms with Crippen LogP contribution in [0.4, 0.5) is 4.39 Å². The molecular formula is C13H13BrClFN2. The summed E-state index contributed by atoms with van der Waals surface area (Å²) in [6, 6.07) is 5.05. The summed E-state index contributed by atoms with van der Waals surface area (Å²) in [6.07, 6.45) is 0. The third-order valence-corrected chi connectivity index (χ3v) is 3.76. The van der Waals surface area contributed by atoms with Crippen molar-refractivity contribution in [1.29, 1.82) is 0 Å².